The molecule has 0 aliphatic carbocycles. The molecule has 0 fully saturated rings. The fourth-order valence-electron chi connectivity index (χ4n) is 6.27. The van der Waals surface area contributed by atoms with Gasteiger partial charge >= 0.3 is 0 Å². The number of benzene rings is 7. The Balaban J connectivity index is 0.954. The summed E-state index contributed by atoms with van der Waals surface area (Å²) in [6.45, 7) is 0. The highest BCUT2D eigenvalue weighted by Crippen LogP contribution is 2.41. The molecule has 0 unspecified atom stereocenters. The number of phenolic OH excluding ortho intramolecular Hbond substituents is 1. The predicted octanol–water partition coefficient (Wildman–Crippen LogP) is 10.7. The maximum absolute atomic E-state index is 12.4. The number of phenols is 1. The van der Waals surface area contributed by atoms with E-state index in [0.29, 0.717) is 39.5 Å². The second-order valence-electron chi connectivity index (χ2n) is 13.3. The van der Waals surface area contributed by atoms with Gasteiger partial charge in [-0.25, -0.2) is 0 Å². The second kappa shape index (κ2) is 16.8. The number of aromatic nitrogens is 3. The van der Waals surface area contributed by atoms with Crippen LogP contribution in [0.25, 0.3) is 21.5 Å². The van der Waals surface area contributed by atoms with E-state index in [2.05, 4.69) is 51.4 Å². The smallest absolute Gasteiger partial charge is 0.295 e. The number of hydrogen-bond donors (Lipinski definition) is 7. The van der Waals surface area contributed by atoms with Crippen LogP contribution in [0.2, 0.25) is 5.28 Å². The zero-order valence-corrected chi connectivity index (χ0v) is 34.0. The first-order valence-corrected chi connectivity index (χ1v) is 21.3. The molecule has 8 aromatic rings. The summed E-state index contributed by atoms with van der Waals surface area (Å²) < 4.78 is 67.5. The number of aromatic hydroxyl groups is 1. The Morgan fingerprint density at radius 1 is 0.581 bits per heavy atom. The number of hydrogen-bond acceptors (Lipinski definition) is 16. The van der Waals surface area contributed by atoms with Crippen LogP contribution < -0.4 is 21.7 Å². The van der Waals surface area contributed by atoms with E-state index >= 15 is 0 Å². The van der Waals surface area contributed by atoms with Gasteiger partial charge in [-0.05, 0) is 108 Å². The highest BCUT2D eigenvalue weighted by Gasteiger charge is 2.20. The molecule has 0 aliphatic heterocycles. The molecule has 0 amide bonds. The van der Waals surface area contributed by atoms with Gasteiger partial charge < -0.3 is 26.8 Å². The fourth-order valence-corrected chi connectivity index (χ4v) is 7.70. The molecule has 8 N–H and O–H groups in total. The van der Waals surface area contributed by atoms with Crippen molar-refractivity contribution in [1.82, 2.24) is 15.0 Å². The maximum Gasteiger partial charge on any atom is 0.295 e. The van der Waals surface area contributed by atoms with E-state index in [4.69, 9.17) is 17.3 Å². The summed E-state index contributed by atoms with van der Waals surface area (Å²) in [5, 5.41) is 38.1. The van der Waals surface area contributed by atoms with Crippen molar-refractivity contribution in [3.8, 4) is 5.75 Å². The normalized spacial score (nSPS) is 12.0. The minimum atomic E-state index is -4.58. The second-order valence-corrected chi connectivity index (χ2v) is 16.4. The first-order chi connectivity index (χ1) is 29.7. The van der Waals surface area contributed by atoms with Gasteiger partial charge in [0.2, 0.25) is 17.2 Å². The Morgan fingerprint density at radius 3 is 1.81 bits per heavy atom. The molecule has 18 nitrogen and oxygen atoms in total. The molecule has 1 aromatic heterocycles. The number of nitrogens with one attached hydrogen (secondary N) is 3. The number of nitrogens with zero attached hydrogens (tertiary/aromatic N) is 7. The third-order valence-corrected chi connectivity index (χ3v) is 11.0. The summed E-state index contributed by atoms with van der Waals surface area (Å²) in [5.41, 5.74) is 9.99. The summed E-state index contributed by atoms with van der Waals surface area (Å²) in [6.07, 6.45) is 0. The quantitative estimate of drug-likeness (QED) is 0.0341. The summed E-state index contributed by atoms with van der Waals surface area (Å²) in [7, 11) is -9.15. The number of fused-ring (bicyclic) bond motifs is 2. The Morgan fingerprint density at radius 2 is 1.19 bits per heavy atom. The van der Waals surface area contributed by atoms with Gasteiger partial charge in [0.25, 0.3) is 20.2 Å². The number of anilines is 7. The number of azo groups is 2. The summed E-state index contributed by atoms with van der Waals surface area (Å²) >= 11 is 6.24. The van der Waals surface area contributed by atoms with Crippen LogP contribution >= 0.6 is 11.6 Å². The molecular formula is C41H30ClN11O7S2. The predicted molar refractivity (Wildman–Crippen MR) is 236 cm³/mol. The van der Waals surface area contributed by atoms with Gasteiger partial charge in [0, 0.05) is 39.6 Å². The van der Waals surface area contributed by atoms with E-state index < -0.39 is 30.9 Å². The third-order valence-electron chi connectivity index (χ3n) is 9.08. The molecule has 310 valence electrons. The minimum Gasteiger partial charge on any atom is -0.507 e. The zero-order chi connectivity index (χ0) is 43.6. The number of para-hydroxylation sites is 1. The Bertz CT molecular complexity index is 3310. The third kappa shape index (κ3) is 9.23. The summed E-state index contributed by atoms with van der Waals surface area (Å²) in [5.74, 6) is -0.186. The van der Waals surface area contributed by atoms with Crippen LogP contribution in [0.4, 0.5) is 63.1 Å². The monoisotopic (exact) mass is 887 g/mol. The largest absolute Gasteiger partial charge is 0.507 e. The highest BCUT2D eigenvalue weighted by molar-refractivity contribution is 7.86. The first-order valence-electron chi connectivity index (χ1n) is 18.1. The lowest BCUT2D eigenvalue weighted by Gasteiger charge is -2.13. The van der Waals surface area contributed by atoms with E-state index in [1.54, 1.807) is 66.7 Å². The van der Waals surface area contributed by atoms with Crippen LogP contribution in [0.15, 0.2) is 164 Å². The van der Waals surface area contributed by atoms with Crippen molar-refractivity contribution in [1.29, 1.82) is 0 Å². The molecule has 0 aliphatic rings. The average molecular weight is 888 g/mol. The Hall–Kier alpha value is -7.62. The van der Waals surface area contributed by atoms with Crippen LogP contribution in [0, 0.1) is 0 Å². The molecule has 8 rings (SSSR count). The average Bonchev–Trinajstić information content (AvgIpc) is 3.23. The molecule has 0 atom stereocenters. The first kappa shape index (κ1) is 41.1. The molecule has 0 saturated carbocycles. The van der Waals surface area contributed by atoms with Crippen molar-refractivity contribution in [3.05, 3.63) is 139 Å². The van der Waals surface area contributed by atoms with Gasteiger partial charge in [-0.2, -0.15) is 42.0 Å². The Kier molecular flexibility index (Phi) is 11.1. The van der Waals surface area contributed by atoms with Gasteiger partial charge in [0.1, 0.15) is 16.3 Å². The fraction of sp³-hybridized carbons (Fsp3) is 0. The zero-order valence-electron chi connectivity index (χ0n) is 31.6. The van der Waals surface area contributed by atoms with E-state index in [-0.39, 0.29) is 49.6 Å². The molecule has 0 spiro atoms. The minimum absolute atomic E-state index is 0.0881. The van der Waals surface area contributed by atoms with Crippen molar-refractivity contribution < 1.29 is 31.0 Å². The molecule has 0 radical (unpaired) electrons. The molecule has 62 heavy (non-hydrogen) atoms. The van der Waals surface area contributed by atoms with Gasteiger partial charge in [-0.15, -0.1) is 10.2 Å². The topological polar surface area (TPSA) is 279 Å². The van der Waals surface area contributed by atoms with Crippen molar-refractivity contribution in [2.45, 2.75) is 9.79 Å². The van der Waals surface area contributed by atoms with Crippen LogP contribution in [0.3, 0.4) is 0 Å². The summed E-state index contributed by atoms with van der Waals surface area (Å²) in [4.78, 5) is 12.0. The van der Waals surface area contributed by atoms with Crippen molar-refractivity contribution in [2.75, 3.05) is 21.7 Å². The van der Waals surface area contributed by atoms with E-state index in [1.165, 1.54) is 30.3 Å². The van der Waals surface area contributed by atoms with Crippen molar-refractivity contribution in [2.24, 2.45) is 20.5 Å². The van der Waals surface area contributed by atoms with Crippen LogP contribution in [-0.2, 0) is 20.2 Å². The SMILES string of the molecule is Nc1ccc2cc(S(=O)(=O)O)cc(O)c2c1N=Nc1ccc(Nc2nc(Cl)nc(Nc3ccc(N=Nc4ccc(Nc5ccccc5)c5c(S(=O)(=O)O)cccc45)cc3)n2)cc1. The lowest BCUT2D eigenvalue weighted by Crippen LogP contribution is -2.03. The standard InChI is InChI=1S/C41H30ClN11O7S2/c42-39-47-40(49-41(48-39)46-26-12-16-28(17-13-26)51-53-38-31(43)18-9-23-21-29(61(55,56)57)22-34(54)36(23)38)45-25-10-14-27(15-11-25)50-52-32-19-20-33(44-24-5-2-1-3-6-24)37-30(32)7-4-8-35(37)62(58,59)60/h1-22,44,54H,43H2,(H,55,56,57)(H,58,59,60)(H2,45,46,47,48,49). The number of rotatable bonds is 12. The molecule has 0 saturated heterocycles. The van der Waals surface area contributed by atoms with Crippen LogP contribution in [0.5, 0.6) is 5.75 Å². The lowest BCUT2D eigenvalue weighted by atomic mass is 10.1. The molecule has 21 heteroatoms. The van der Waals surface area contributed by atoms with Gasteiger partial charge in [-0.3, -0.25) is 9.11 Å². The molecule has 1 heterocycles. The van der Waals surface area contributed by atoms with Gasteiger partial charge in [0.05, 0.1) is 33.0 Å². The maximum atomic E-state index is 12.4. The van der Waals surface area contributed by atoms with Crippen LogP contribution in [-0.4, -0.2) is 46.0 Å². The molecular weight excluding hydrogens is 858 g/mol. The summed E-state index contributed by atoms with van der Waals surface area (Å²) in [6, 6.07) is 35.6. The molecule has 7 aromatic carbocycles. The van der Waals surface area contributed by atoms with E-state index in [1.807, 2.05) is 30.3 Å². The van der Waals surface area contributed by atoms with Crippen molar-refractivity contribution >= 4 is 116 Å². The van der Waals surface area contributed by atoms with Gasteiger partial charge in [0.15, 0.2) is 0 Å². The number of nitrogen functional groups attached to an aromatic ring is 1. The van der Waals surface area contributed by atoms with Crippen LogP contribution in [0.1, 0.15) is 0 Å². The molecule has 0 bridgehead atoms. The van der Waals surface area contributed by atoms with Crippen molar-refractivity contribution in [3.63, 3.8) is 0 Å². The van der Waals surface area contributed by atoms with E-state index in [0.717, 1.165) is 11.8 Å². The van der Waals surface area contributed by atoms with Gasteiger partial charge in [-0.1, -0.05) is 36.4 Å². The number of nitrogens with two attached hydrogens (primary N) is 1. The highest BCUT2D eigenvalue weighted by atomic mass is 35.5. The Labute approximate surface area is 357 Å². The number of halogens is 1. The van der Waals surface area contributed by atoms with E-state index in [9.17, 15) is 31.0 Å². The lowest BCUT2D eigenvalue weighted by molar-refractivity contribution is 0.471.